The van der Waals surface area contributed by atoms with E-state index in [-0.39, 0.29) is 0 Å². The number of piperidine rings is 1. The van der Waals surface area contributed by atoms with Crippen LogP contribution in [0.1, 0.15) is 38.4 Å². The van der Waals surface area contributed by atoms with Crippen LogP contribution in [0.25, 0.3) is 5.52 Å². The van der Waals surface area contributed by atoms with Crippen molar-refractivity contribution in [3.63, 3.8) is 0 Å². The number of pyridine rings is 1. The van der Waals surface area contributed by atoms with Gasteiger partial charge in [-0.2, -0.15) is 0 Å². The number of rotatable bonds is 2. The Kier molecular flexibility index (Phi) is 3.19. The largest absolute Gasteiger partial charge is 0.398 e. The molecule has 1 fully saturated rings. The highest BCUT2D eigenvalue weighted by atomic mass is 15.2. The van der Waals surface area contributed by atoms with E-state index < -0.39 is 0 Å². The molecule has 3 heterocycles. The second-order valence-corrected chi connectivity index (χ2v) is 5.78. The summed E-state index contributed by atoms with van der Waals surface area (Å²) in [5.41, 5.74) is 7.82. The van der Waals surface area contributed by atoms with Crippen molar-refractivity contribution in [2.75, 3.05) is 18.8 Å². The Morgan fingerprint density at radius 1 is 1.26 bits per heavy atom. The summed E-state index contributed by atoms with van der Waals surface area (Å²) in [7, 11) is 0. The van der Waals surface area contributed by atoms with Crippen LogP contribution in [0.2, 0.25) is 0 Å². The van der Waals surface area contributed by atoms with Crippen LogP contribution in [0, 0.1) is 0 Å². The van der Waals surface area contributed by atoms with Crippen LogP contribution >= 0.6 is 0 Å². The second-order valence-electron chi connectivity index (χ2n) is 5.78. The van der Waals surface area contributed by atoms with Gasteiger partial charge in [-0.05, 0) is 51.9 Å². The third kappa shape index (κ3) is 2.32. The van der Waals surface area contributed by atoms with Gasteiger partial charge in [-0.3, -0.25) is 0 Å². The Morgan fingerprint density at radius 2 is 2.00 bits per heavy atom. The van der Waals surface area contributed by atoms with Crippen molar-refractivity contribution in [2.45, 2.75) is 38.6 Å². The minimum Gasteiger partial charge on any atom is -0.398 e. The van der Waals surface area contributed by atoms with Crippen LogP contribution in [0.15, 0.2) is 24.5 Å². The Labute approximate surface area is 114 Å². The first-order valence-corrected chi connectivity index (χ1v) is 7.11. The van der Waals surface area contributed by atoms with Gasteiger partial charge in [-0.25, -0.2) is 4.98 Å². The Morgan fingerprint density at radius 3 is 2.68 bits per heavy atom. The molecule has 4 heteroatoms. The molecule has 2 N–H and O–H groups in total. The van der Waals surface area contributed by atoms with Crippen LogP contribution < -0.4 is 5.73 Å². The lowest BCUT2D eigenvalue weighted by molar-refractivity contribution is 0.169. The molecule has 3 rings (SSSR count). The average Bonchev–Trinajstić information content (AvgIpc) is 2.81. The summed E-state index contributed by atoms with van der Waals surface area (Å²) in [6, 6.07) is 4.62. The maximum absolute atomic E-state index is 5.89. The number of hydrogen-bond acceptors (Lipinski definition) is 3. The van der Waals surface area contributed by atoms with E-state index in [1.54, 1.807) is 0 Å². The average molecular weight is 258 g/mol. The fraction of sp³-hybridized carbons (Fsp3) is 0.533. The van der Waals surface area contributed by atoms with E-state index in [1.807, 2.05) is 24.5 Å². The molecule has 0 bridgehead atoms. The highest BCUT2D eigenvalue weighted by Gasteiger charge is 2.24. The van der Waals surface area contributed by atoms with E-state index in [1.165, 1.54) is 31.8 Å². The molecule has 1 aliphatic heterocycles. The van der Waals surface area contributed by atoms with Gasteiger partial charge in [0.05, 0.1) is 11.7 Å². The number of nitrogens with zero attached hydrogens (tertiary/aromatic N) is 3. The maximum Gasteiger partial charge on any atom is 0.116 e. The normalized spacial score (nSPS) is 18.5. The summed E-state index contributed by atoms with van der Waals surface area (Å²) in [4.78, 5) is 7.16. The van der Waals surface area contributed by atoms with E-state index >= 15 is 0 Å². The van der Waals surface area contributed by atoms with Gasteiger partial charge in [-0.15, -0.1) is 0 Å². The lowest BCUT2D eigenvalue weighted by atomic mass is 9.95. The number of nitrogens with two attached hydrogens (primary N) is 1. The van der Waals surface area contributed by atoms with Crippen molar-refractivity contribution < 1.29 is 0 Å². The van der Waals surface area contributed by atoms with Gasteiger partial charge < -0.3 is 15.0 Å². The third-order valence-corrected chi connectivity index (χ3v) is 4.20. The van der Waals surface area contributed by atoms with Gasteiger partial charge in [0.1, 0.15) is 5.82 Å². The predicted octanol–water partition coefficient (Wildman–Crippen LogP) is 2.50. The summed E-state index contributed by atoms with van der Waals surface area (Å²) in [5, 5.41) is 0. The topological polar surface area (TPSA) is 46.6 Å². The number of likely N-dealkylation sites (tertiary alicyclic amines) is 1. The van der Waals surface area contributed by atoms with Gasteiger partial charge in [0.25, 0.3) is 0 Å². The number of hydrogen-bond donors (Lipinski definition) is 1. The molecule has 0 unspecified atom stereocenters. The van der Waals surface area contributed by atoms with Crippen molar-refractivity contribution in [3.8, 4) is 0 Å². The van der Waals surface area contributed by atoms with Crippen molar-refractivity contribution >= 4 is 11.2 Å². The molecule has 19 heavy (non-hydrogen) atoms. The molecular weight excluding hydrogens is 236 g/mol. The maximum atomic E-state index is 5.89. The van der Waals surface area contributed by atoms with Crippen LogP contribution in [-0.2, 0) is 0 Å². The molecule has 0 atom stereocenters. The fourth-order valence-corrected chi connectivity index (χ4v) is 3.00. The lowest BCUT2D eigenvalue weighted by Crippen LogP contribution is -2.38. The number of aromatic nitrogens is 2. The SMILES string of the molecule is CC(C)N1CCC(c2ncc3ccc(N)cn23)CC1. The summed E-state index contributed by atoms with van der Waals surface area (Å²) in [6.07, 6.45) is 6.31. The first-order chi connectivity index (χ1) is 9.15. The van der Waals surface area contributed by atoms with Gasteiger partial charge in [0.2, 0.25) is 0 Å². The number of anilines is 1. The Balaban J connectivity index is 1.84. The molecule has 0 aliphatic carbocycles. The van der Waals surface area contributed by atoms with Crippen molar-refractivity contribution in [1.82, 2.24) is 14.3 Å². The van der Waals surface area contributed by atoms with Gasteiger partial charge in [0.15, 0.2) is 0 Å². The lowest BCUT2D eigenvalue weighted by Gasteiger charge is -2.34. The van der Waals surface area contributed by atoms with E-state index in [0.29, 0.717) is 12.0 Å². The van der Waals surface area contributed by atoms with Crippen LogP contribution in [-0.4, -0.2) is 33.4 Å². The minimum atomic E-state index is 0.555. The number of imidazole rings is 1. The molecule has 0 radical (unpaired) electrons. The smallest absolute Gasteiger partial charge is 0.116 e. The molecule has 2 aromatic rings. The zero-order valence-electron chi connectivity index (χ0n) is 11.7. The van der Waals surface area contributed by atoms with E-state index in [0.717, 1.165) is 11.2 Å². The standard InChI is InChI=1S/C15H22N4/c1-11(2)18-7-5-12(6-8-18)15-17-9-14-4-3-13(16)10-19(14)15/h3-4,9-12H,5-8,16H2,1-2H3. The predicted molar refractivity (Wildman–Crippen MR) is 78.3 cm³/mol. The van der Waals surface area contributed by atoms with E-state index in [9.17, 15) is 0 Å². The molecule has 102 valence electrons. The Bertz CT molecular complexity index is 565. The van der Waals surface area contributed by atoms with Crippen LogP contribution in [0.4, 0.5) is 5.69 Å². The first kappa shape index (κ1) is 12.5. The molecule has 0 aromatic carbocycles. The Hall–Kier alpha value is -1.55. The highest BCUT2D eigenvalue weighted by Crippen LogP contribution is 2.28. The molecule has 1 saturated heterocycles. The molecule has 2 aromatic heterocycles. The van der Waals surface area contributed by atoms with Crippen LogP contribution in [0.3, 0.4) is 0 Å². The highest BCUT2D eigenvalue weighted by molar-refractivity contribution is 5.52. The zero-order chi connectivity index (χ0) is 13.4. The summed E-state index contributed by atoms with van der Waals surface area (Å²) in [6.45, 7) is 6.87. The molecule has 4 nitrogen and oxygen atoms in total. The first-order valence-electron chi connectivity index (χ1n) is 7.11. The summed E-state index contributed by atoms with van der Waals surface area (Å²) >= 11 is 0. The van der Waals surface area contributed by atoms with Gasteiger partial charge in [-0.1, -0.05) is 0 Å². The van der Waals surface area contributed by atoms with Crippen molar-refractivity contribution in [2.24, 2.45) is 0 Å². The van der Waals surface area contributed by atoms with Crippen molar-refractivity contribution in [3.05, 3.63) is 30.4 Å². The monoisotopic (exact) mass is 258 g/mol. The molecule has 0 saturated carbocycles. The third-order valence-electron chi connectivity index (χ3n) is 4.20. The van der Waals surface area contributed by atoms with Crippen LogP contribution in [0.5, 0.6) is 0 Å². The van der Waals surface area contributed by atoms with E-state index in [4.69, 9.17) is 5.73 Å². The molecule has 0 amide bonds. The zero-order valence-corrected chi connectivity index (χ0v) is 11.7. The van der Waals surface area contributed by atoms with E-state index in [2.05, 4.69) is 28.1 Å². The molecule has 1 aliphatic rings. The molecule has 0 spiro atoms. The molecular formula is C15H22N4. The van der Waals surface area contributed by atoms with Gasteiger partial charge >= 0.3 is 0 Å². The summed E-state index contributed by atoms with van der Waals surface area (Å²) < 4.78 is 2.16. The minimum absolute atomic E-state index is 0.555. The second kappa shape index (κ2) is 4.85. The fourth-order valence-electron chi connectivity index (χ4n) is 3.00. The number of fused-ring (bicyclic) bond motifs is 1. The quantitative estimate of drug-likeness (QED) is 0.900. The number of nitrogen functional groups attached to an aromatic ring is 1. The van der Waals surface area contributed by atoms with Gasteiger partial charge in [0, 0.05) is 23.8 Å². The summed E-state index contributed by atoms with van der Waals surface area (Å²) in [5.74, 6) is 1.73. The van der Waals surface area contributed by atoms with Crippen molar-refractivity contribution in [1.29, 1.82) is 0 Å².